The van der Waals surface area contributed by atoms with Crippen LogP contribution in [-0.4, -0.2) is 57.2 Å². The van der Waals surface area contributed by atoms with Gasteiger partial charge in [0.05, 0.1) is 11.3 Å². The van der Waals surface area contributed by atoms with Gasteiger partial charge in [-0.05, 0) is 23.6 Å². The summed E-state index contributed by atoms with van der Waals surface area (Å²) in [4.78, 5) is 34.0. The quantitative estimate of drug-likeness (QED) is 0.285. The van der Waals surface area contributed by atoms with Gasteiger partial charge < -0.3 is 4.90 Å². The van der Waals surface area contributed by atoms with Crippen molar-refractivity contribution < 1.29 is 9.18 Å². The predicted molar refractivity (Wildman–Crippen MR) is 128 cm³/mol. The Labute approximate surface area is 198 Å². The lowest BCUT2D eigenvalue weighted by molar-refractivity contribution is -0.130. The van der Waals surface area contributed by atoms with E-state index < -0.39 is 0 Å². The van der Waals surface area contributed by atoms with Crippen LogP contribution in [0.2, 0.25) is 5.02 Å². The smallest absolute Gasteiger partial charge is 0.272 e. The molecule has 0 atom stereocenters. The molecule has 1 fully saturated rings. The van der Waals surface area contributed by atoms with Gasteiger partial charge in [-0.1, -0.05) is 35.5 Å². The van der Waals surface area contributed by atoms with Gasteiger partial charge in [0.2, 0.25) is 5.91 Å². The first kappa shape index (κ1) is 23.0. The maximum absolute atomic E-state index is 14.1. The summed E-state index contributed by atoms with van der Waals surface area (Å²) in [6.45, 7) is 6.87. The normalized spacial score (nSPS) is 14.8. The first-order valence-corrected chi connectivity index (χ1v) is 12.4. The maximum Gasteiger partial charge on any atom is 0.272 e. The molecule has 32 heavy (non-hydrogen) atoms. The van der Waals surface area contributed by atoms with Crippen LogP contribution in [0.4, 0.5) is 4.39 Å². The molecule has 1 aliphatic heterocycles. The highest BCUT2D eigenvalue weighted by Gasteiger charge is 2.23. The summed E-state index contributed by atoms with van der Waals surface area (Å²) < 4.78 is 16.2. The van der Waals surface area contributed by atoms with Crippen LogP contribution in [0.15, 0.2) is 52.3 Å². The van der Waals surface area contributed by atoms with E-state index in [1.54, 1.807) is 27.7 Å². The summed E-state index contributed by atoms with van der Waals surface area (Å²) in [7, 11) is 0. The van der Waals surface area contributed by atoms with Crippen molar-refractivity contribution in [3.05, 3.63) is 69.1 Å². The molecule has 0 radical (unpaired) electrons. The largest absolute Gasteiger partial charge is 0.339 e. The van der Waals surface area contributed by atoms with Crippen LogP contribution >= 0.6 is 34.7 Å². The monoisotopic (exact) mass is 492 g/mol. The fraction of sp³-hybridized carbons (Fsp3) is 0.318. The van der Waals surface area contributed by atoms with E-state index >= 15 is 0 Å². The van der Waals surface area contributed by atoms with Gasteiger partial charge in [-0.15, -0.1) is 17.9 Å². The number of carbonyl (C=O) groups is 1. The Morgan fingerprint density at radius 1 is 1.28 bits per heavy atom. The first-order valence-electron chi connectivity index (χ1n) is 10.1. The zero-order valence-corrected chi connectivity index (χ0v) is 19.7. The summed E-state index contributed by atoms with van der Waals surface area (Å²) in [5.41, 5.74) is 1.02. The van der Waals surface area contributed by atoms with Crippen LogP contribution in [0.3, 0.4) is 0 Å². The minimum Gasteiger partial charge on any atom is -0.339 e. The highest BCUT2D eigenvalue weighted by Crippen LogP contribution is 2.23. The second-order valence-electron chi connectivity index (χ2n) is 7.38. The molecular weight excluding hydrogens is 471 g/mol. The van der Waals surface area contributed by atoms with Crippen LogP contribution in [-0.2, 0) is 17.9 Å². The summed E-state index contributed by atoms with van der Waals surface area (Å²) in [6, 6.07) is 6.50. The van der Waals surface area contributed by atoms with Gasteiger partial charge in [0.15, 0.2) is 5.16 Å². The van der Waals surface area contributed by atoms with Crippen molar-refractivity contribution in [3.8, 4) is 0 Å². The number of fused-ring (bicyclic) bond motifs is 1. The van der Waals surface area contributed by atoms with Gasteiger partial charge in [-0.3, -0.25) is 19.1 Å². The fourth-order valence-electron chi connectivity index (χ4n) is 3.60. The number of carbonyl (C=O) groups excluding carboxylic acids is 1. The van der Waals surface area contributed by atoms with Crippen molar-refractivity contribution >= 4 is 50.8 Å². The molecule has 10 heteroatoms. The number of rotatable bonds is 7. The molecule has 2 aromatic heterocycles. The van der Waals surface area contributed by atoms with Crippen LogP contribution < -0.4 is 5.56 Å². The highest BCUT2D eigenvalue weighted by atomic mass is 35.5. The van der Waals surface area contributed by atoms with Gasteiger partial charge >= 0.3 is 0 Å². The lowest BCUT2D eigenvalue weighted by Crippen LogP contribution is -2.49. The van der Waals surface area contributed by atoms with E-state index in [9.17, 15) is 14.0 Å². The van der Waals surface area contributed by atoms with Crippen molar-refractivity contribution in [1.82, 2.24) is 19.4 Å². The Morgan fingerprint density at radius 2 is 2.06 bits per heavy atom. The molecule has 6 nitrogen and oxygen atoms in total. The number of nitrogens with zero attached hydrogens (tertiary/aromatic N) is 4. The van der Waals surface area contributed by atoms with Crippen LogP contribution in [0.1, 0.15) is 5.56 Å². The lowest BCUT2D eigenvalue weighted by Gasteiger charge is -2.35. The molecule has 4 rings (SSSR count). The van der Waals surface area contributed by atoms with E-state index in [0.29, 0.717) is 65.2 Å². The number of amides is 1. The number of thiophene rings is 1. The molecule has 3 aromatic rings. The number of thioether (sulfide) groups is 1. The number of benzene rings is 1. The third kappa shape index (κ3) is 4.91. The molecule has 168 valence electrons. The zero-order chi connectivity index (χ0) is 22.7. The van der Waals surface area contributed by atoms with Gasteiger partial charge in [0.1, 0.15) is 10.5 Å². The summed E-state index contributed by atoms with van der Waals surface area (Å²) in [5.74, 6) is -0.130. The molecule has 0 bridgehead atoms. The molecule has 0 N–H and O–H groups in total. The fourth-order valence-corrected chi connectivity index (χ4v) is 5.52. The Balaban J connectivity index is 1.36. The summed E-state index contributed by atoms with van der Waals surface area (Å²) in [6.07, 6.45) is 1.65. The SMILES string of the molecule is C=CCn1c(SCC(=O)N2CCN(Cc3c(F)cccc3Cl)CC2)nc2ccsc2c1=O. The number of hydrogen-bond donors (Lipinski definition) is 0. The number of hydrogen-bond acceptors (Lipinski definition) is 6. The topological polar surface area (TPSA) is 58.4 Å². The van der Waals surface area contributed by atoms with Crippen molar-refractivity contribution in [2.45, 2.75) is 18.2 Å². The van der Waals surface area contributed by atoms with Crippen molar-refractivity contribution in [3.63, 3.8) is 0 Å². The molecule has 0 spiro atoms. The van der Waals surface area contributed by atoms with Gasteiger partial charge in [0.25, 0.3) is 5.56 Å². The molecule has 1 saturated heterocycles. The second-order valence-corrected chi connectivity index (χ2v) is 9.65. The molecule has 1 aliphatic rings. The molecule has 0 unspecified atom stereocenters. The third-order valence-corrected chi connectivity index (χ3v) is 7.54. The summed E-state index contributed by atoms with van der Waals surface area (Å²) in [5, 5.41) is 2.77. The van der Waals surface area contributed by atoms with Crippen molar-refractivity contribution in [2.24, 2.45) is 0 Å². The van der Waals surface area contributed by atoms with Gasteiger partial charge in [-0.25, -0.2) is 9.37 Å². The van der Waals surface area contributed by atoms with E-state index in [0.717, 1.165) is 0 Å². The Hall–Kier alpha value is -2.20. The van der Waals surface area contributed by atoms with E-state index in [-0.39, 0.29) is 23.0 Å². The zero-order valence-electron chi connectivity index (χ0n) is 17.3. The number of piperazine rings is 1. The molecule has 0 saturated carbocycles. The Kier molecular flexibility index (Phi) is 7.30. The van der Waals surface area contributed by atoms with E-state index in [4.69, 9.17) is 11.6 Å². The Bertz CT molecular complexity index is 1180. The number of allylic oxidation sites excluding steroid dienone is 1. The van der Waals surface area contributed by atoms with Crippen LogP contribution in [0.25, 0.3) is 10.2 Å². The molecule has 3 heterocycles. The molecule has 1 aromatic carbocycles. The number of aromatic nitrogens is 2. The van der Waals surface area contributed by atoms with Crippen LogP contribution in [0, 0.1) is 5.82 Å². The third-order valence-electron chi connectivity index (χ3n) is 5.34. The second kappa shape index (κ2) is 10.2. The standard InChI is InChI=1S/C22H22ClFN4O2S2/c1-2-7-28-21(30)20-18(6-12-31-20)25-22(28)32-14-19(29)27-10-8-26(9-11-27)13-15-16(23)4-3-5-17(15)24/h2-6,12H,1,7-11,13-14H2. The number of halogens is 2. The average Bonchev–Trinajstić information content (AvgIpc) is 3.26. The molecule has 0 aliphatic carbocycles. The maximum atomic E-state index is 14.1. The van der Waals surface area contributed by atoms with E-state index in [1.165, 1.54) is 29.2 Å². The van der Waals surface area contributed by atoms with E-state index in [1.807, 2.05) is 11.4 Å². The molecule has 1 amide bonds. The average molecular weight is 493 g/mol. The van der Waals surface area contributed by atoms with E-state index in [2.05, 4.69) is 16.5 Å². The predicted octanol–water partition coefficient (Wildman–Crippen LogP) is 3.87. The van der Waals surface area contributed by atoms with Crippen LogP contribution in [0.5, 0.6) is 0 Å². The van der Waals surface area contributed by atoms with Gasteiger partial charge in [-0.2, -0.15) is 0 Å². The van der Waals surface area contributed by atoms with Gasteiger partial charge in [0, 0.05) is 49.9 Å². The summed E-state index contributed by atoms with van der Waals surface area (Å²) >= 11 is 8.76. The first-order chi connectivity index (χ1) is 15.5. The minimum absolute atomic E-state index is 0.0107. The minimum atomic E-state index is -0.312. The Morgan fingerprint density at radius 3 is 2.78 bits per heavy atom. The highest BCUT2D eigenvalue weighted by molar-refractivity contribution is 7.99. The molecular formula is C22H22ClFN4O2S2. The van der Waals surface area contributed by atoms with Crippen molar-refractivity contribution in [1.29, 1.82) is 0 Å². The lowest BCUT2D eigenvalue weighted by atomic mass is 10.2. The van der Waals surface area contributed by atoms with Crippen molar-refractivity contribution in [2.75, 3.05) is 31.9 Å².